The number of piperazine rings is 1. The summed E-state index contributed by atoms with van der Waals surface area (Å²) in [4.78, 5) is 10.5. The highest BCUT2D eigenvalue weighted by Crippen LogP contribution is 2.32. The summed E-state index contributed by atoms with van der Waals surface area (Å²) in [6.45, 7) is 53.6. The average molecular weight is 892 g/mol. The predicted octanol–water partition coefficient (Wildman–Crippen LogP) is 15.1. The van der Waals surface area contributed by atoms with Crippen LogP contribution in [-0.2, 0) is 29.1 Å². The molecule has 3 saturated heterocycles. The molecule has 0 aromatic heterocycles. The maximum Gasteiger partial charge on any atom is 0.0392 e. The fraction of sp³-hybridized carbons (Fsp3) is 0.705. The number of rotatable bonds is 5. The van der Waals surface area contributed by atoms with Crippen LogP contribution in [0.2, 0.25) is 0 Å². The van der Waals surface area contributed by atoms with Crippen molar-refractivity contribution in [1.82, 2.24) is 14.7 Å². The molecule has 3 aromatic rings. The Morgan fingerprint density at radius 2 is 0.738 bits per heavy atom. The van der Waals surface area contributed by atoms with Gasteiger partial charge in [0.2, 0.25) is 0 Å². The molecule has 4 atom stereocenters. The van der Waals surface area contributed by atoms with Gasteiger partial charge in [-0.05, 0) is 209 Å². The van der Waals surface area contributed by atoms with Gasteiger partial charge in [0.25, 0.3) is 0 Å². The fourth-order valence-electron chi connectivity index (χ4n) is 10.3. The zero-order valence-corrected chi connectivity index (χ0v) is 46.2. The van der Waals surface area contributed by atoms with Crippen molar-refractivity contribution in [2.45, 2.75) is 228 Å². The molecule has 3 aliphatic rings. The van der Waals surface area contributed by atoms with Gasteiger partial charge in [0.15, 0.2) is 0 Å². The quantitative estimate of drug-likeness (QED) is 0.253. The Morgan fingerprint density at radius 3 is 1.12 bits per heavy atom. The minimum absolute atomic E-state index is 0.223. The Balaban J connectivity index is 0.000000213. The van der Waals surface area contributed by atoms with Crippen molar-refractivity contribution in [3.63, 3.8) is 0 Å². The van der Waals surface area contributed by atoms with Gasteiger partial charge in [-0.1, -0.05) is 123 Å². The lowest BCUT2D eigenvalue weighted by Crippen LogP contribution is -2.61. The normalized spacial score (nSPS) is 22.6. The minimum atomic E-state index is 0.223. The van der Waals surface area contributed by atoms with Crippen molar-refractivity contribution in [3.8, 4) is 0 Å². The number of piperidine rings is 1. The Kier molecular flexibility index (Phi) is 18.7. The first-order valence-electron chi connectivity index (χ1n) is 26.2. The summed E-state index contributed by atoms with van der Waals surface area (Å²) in [5.41, 5.74) is 10.3. The number of likely N-dealkylation sites (tertiary alicyclic amines) is 2. The molecule has 65 heavy (non-hydrogen) atoms. The van der Waals surface area contributed by atoms with Crippen LogP contribution < -0.4 is 4.90 Å². The number of benzene rings is 3. The molecule has 6 rings (SSSR count). The molecule has 3 fully saturated rings. The van der Waals surface area contributed by atoms with E-state index in [1.807, 2.05) is 0 Å². The summed E-state index contributed by atoms with van der Waals surface area (Å²) in [5, 5.41) is 0. The Labute approximate surface area is 403 Å². The van der Waals surface area contributed by atoms with Crippen molar-refractivity contribution in [1.29, 1.82) is 0 Å². The highest BCUT2D eigenvalue weighted by molar-refractivity contribution is 5.51. The summed E-state index contributed by atoms with van der Waals surface area (Å²) >= 11 is 0. The van der Waals surface area contributed by atoms with Crippen molar-refractivity contribution >= 4 is 5.69 Å². The number of nitrogens with zero attached hydrogens (tertiary/aromatic N) is 4. The molecular weight excluding hydrogens is 789 g/mol. The molecule has 4 nitrogen and oxygen atoms in total. The van der Waals surface area contributed by atoms with Gasteiger partial charge in [-0.3, -0.25) is 14.7 Å². The zero-order valence-electron chi connectivity index (χ0n) is 46.2. The van der Waals surface area contributed by atoms with E-state index in [1.165, 1.54) is 105 Å². The van der Waals surface area contributed by atoms with Crippen molar-refractivity contribution < 1.29 is 0 Å². The minimum Gasteiger partial charge on any atom is -0.364 e. The van der Waals surface area contributed by atoms with E-state index in [1.54, 1.807) is 0 Å². The van der Waals surface area contributed by atoms with Gasteiger partial charge in [-0.15, -0.1) is 0 Å². The number of hydrogen-bond donors (Lipinski definition) is 0. The molecule has 0 amide bonds. The van der Waals surface area contributed by atoms with Gasteiger partial charge in [-0.25, -0.2) is 0 Å². The van der Waals surface area contributed by atoms with Gasteiger partial charge in [0, 0.05) is 54.0 Å². The van der Waals surface area contributed by atoms with Crippen LogP contribution in [0.15, 0.2) is 72.8 Å². The van der Waals surface area contributed by atoms with Crippen molar-refractivity contribution in [2.75, 3.05) is 44.2 Å². The number of hydrogen-bond acceptors (Lipinski definition) is 4. The maximum atomic E-state index is 2.66. The Morgan fingerprint density at radius 1 is 0.385 bits per heavy atom. The zero-order chi connectivity index (χ0) is 48.8. The SMILES string of the molecule is CC(C)(C)c1ccc(CC2CCCN(C(C)(C)C)C2)cc1.CC(C)(C)c1ccc(CC2CCCN(C(C)(C)C)CC2)cc1.CC1CN(C(C)(C)C)CC(C)N1c1ccc(C(C)(C)C)cc1. The molecule has 4 unspecified atom stereocenters. The lowest BCUT2D eigenvalue weighted by Gasteiger charge is -2.50. The van der Waals surface area contributed by atoms with E-state index >= 15 is 0 Å². The summed E-state index contributed by atoms with van der Waals surface area (Å²) in [7, 11) is 0. The number of anilines is 1. The molecule has 0 N–H and O–H groups in total. The van der Waals surface area contributed by atoms with Crippen LogP contribution in [0.4, 0.5) is 5.69 Å². The summed E-state index contributed by atoms with van der Waals surface area (Å²) in [6, 6.07) is 29.0. The summed E-state index contributed by atoms with van der Waals surface area (Å²) in [5.74, 6) is 1.67. The molecule has 0 saturated carbocycles. The van der Waals surface area contributed by atoms with E-state index in [9.17, 15) is 0 Å². The molecule has 0 radical (unpaired) electrons. The highest BCUT2D eigenvalue weighted by atomic mass is 15.3. The Bertz CT molecular complexity index is 1820. The van der Waals surface area contributed by atoms with E-state index < -0.39 is 0 Å². The standard InChI is InChI=1S/C21H35N.C20H34N2.C20H33N/c1-20(2,3)19-11-9-18(10-12-19)16-17-8-7-14-22(15-13-17)21(4,5)6;1-15-13-21(20(6,7)8)14-16(2)22(15)18-11-9-17(10-12-18)19(3,4)5;1-19(2,3)18-11-9-16(10-12-18)14-17-8-7-13-21(15-17)20(4,5)6/h9-12,17H,7-8,13-16H2,1-6H3;9-12,15-16H,13-14H2,1-8H3;9-12,17H,7-8,13-15H2,1-6H3. The summed E-state index contributed by atoms with van der Waals surface area (Å²) in [6.07, 6.45) is 9.29. The van der Waals surface area contributed by atoms with Crippen molar-refractivity contribution in [3.05, 3.63) is 101 Å². The second-order valence-electron chi connectivity index (χ2n) is 26.9. The third kappa shape index (κ3) is 17.1. The second kappa shape index (κ2) is 22.2. The predicted molar refractivity (Wildman–Crippen MR) is 288 cm³/mol. The molecule has 3 aromatic carbocycles. The van der Waals surface area contributed by atoms with E-state index in [2.05, 4.69) is 231 Å². The molecule has 0 bridgehead atoms. The third-order valence-electron chi connectivity index (χ3n) is 14.9. The van der Waals surface area contributed by atoms with Crippen LogP contribution in [0.25, 0.3) is 0 Å². The molecule has 0 spiro atoms. The monoisotopic (exact) mass is 891 g/mol. The lowest BCUT2D eigenvalue weighted by atomic mass is 9.85. The van der Waals surface area contributed by atoms with Crippen LogP contribution in [0.1, 0.15) is 198 Å². The third-order valence-corrected chi connectivity index (χ3v) is 14.9. The highest BCUT2D eigenvalue weighted by Gasteiger charge is 2.35. The first kappa shape index (κ1) is 54.9. The van der Waals surface area contributed by atoms with Gasteiger partial charge >= 0.3 is 0 Å². The van der Waals surface area contributed by atoms with Crippen LogP contribution in [0, 0.1) is 11.8 Å². The van der Waals surface area contributed by atoms with Crippen LogP contribution in [-0.4, -0.2) is 82.7 Å². The first-order chi connectivity index (χ1) is 29.8. The lowest BCUT2D eigenvalue weighted by molar-refractivity contribution is 0.0790. The van der Waals surface area contributed by atoms with Gasteiger partial charge in [0.05, 0.1) is 0 Å². The van der Waals surface area contributed by atoms with Crippen LogP contribution in [0.5, 0.6) is 0 Å². The van der Waals surface area contributed by atoms with Gasteiger partial charge in [-0.2, -0.15) is 0 Å². The first-order valence-corrected chi connectivity index (χ1v) is 26.2. The molecule has 0 aliphatic carbocycles. The van der Waals surface area contributed by atoms with E-state index in [-0.39, 0.29) is 21.8 Å². The molecule has 366 valence electrons. The average Bonchev–Trinajstić information content (AvgIpc) is 3.43. The van der Waals surface area contributed by atoms with Crippen LogP contribution >= 0.6 is 0 Å². The molecule has 3 aliphatic heterocycles. The molecule has 4 heteroatoms. The fourth-order valence-corrected chi connectivity index (χ4v) is 10.3. The van der Waals surface area contributed by atoms with Gasteiger partial charge < -0.3 is 4.90 Å². The van der Waals surface area contributed by atoms with E-state index in [0.717, 1.165) is 24.9 Å². The van der Waals surface area contributed by atoms with Crippen molar-refractivity contribution in [2.24, 2.45) is 11.8 Å². The van der Waals surface area contributed by atoms with E-state index in [4.69, 9.17) is 0 Å². The van der Waals surface area contributed by atoms with Crippen LogP contribution in [0.3, 0.4) is 0 Å². The molecule has 3 heterocycles. The largest absolute Gasteiger partial charge is 0.364 e. The van der Waals surface area contributed by atoms with Gasteiger partial charge in [0.1, 0.15) is 0 Å². The summed E-state index contributed by atoms with van der Waals surface area (Å²) < 4.78 is 0. The topological polar surface area (TPSA) is 13.0 Å². The smallest absolute Gasteiger partial charge is 0.0392 e. The maximum absolute atomic E-state index is 2.66. The van der Waals surface area contributed by atoms with E-state index in [0.29, 0.717) is 23.2 Å². The molecular formula is C61H102N4. The second-order valence-corrected chi connectivity index (χ2v) is 26.9. The Hall–Kier alpha value is -2.66.